The predicted octanol–water partition coefficient (Wildman–Crippen LogP) is 3.34. The molecule has 0 bridgehead atoms. The summed E-state index contributed by atoms with van der Waals surface area (Å²) in [5.41, 5.74) is 2.53. The Hall–Kier alpha value is -1.39. The number of thiazole rings is 1. The Morgan fingerprint density at radius 2 is 2.00 bits per heavy atom. The lowest BCUT2D eigenvalue weighted by atomic mass is 10.3. The van der Waals surface area contributed by atoms with Crippen molar-refractivity contribution in [3.05, 3.63) is 41.0 Å². The van der Waals surface area contributed by atoms with Crippen molar-refractivity contribution in [2.45, 2.75) is 20.4 Å². The average Bonchev–Trinajstić information content (AvgIpc) is 2.89. The minimum atomic E-state index is 0.988. The zero-order valence-corrected chi connectivity index (χ0v) is 13.0. The van der Waals surface area contributed by atoms with E-state index in [9.17, 15) is 0 Å². The second kappa shape index (κ2) is 5.94. The van der Waals surface area contributed by atoms with Crippen LogP contribution in [0.5, 0.6) is 0 Å². The molecule has 20 heavy (non-hydrogen) atoms. The summed E-state index contributed by atoms with van der Waals surface area (Å²) in [6, 6.07) is 8.40. The molecule has 1 saturated heterocycles. The van der Waals surface area contributed by atoms with Gasteiger partial charge >= 0.3 is 0 Å². The number of fused-ring (bicyclic) bond motifs is 1. The molecule has 0 saturated carbocycles. The van der Waals surface area contributed by atoms with Gasteiger partial charge in [-0.1, -0.05) is 18.2 Å². The zero-order valence-electron chi connectivity index (χ0n) is 12.2. The number of allylic oxidation sites excluding steroid dienone is 2. The maximum Gasteiger partial charge on any atom is 0.108 e. The van der Waals surface area contributed by atoms with Crippen LogP contribution in [0.15, 0.2) is 36.0 Å². The molecule has 0 N–H and O–H groups in total. The summed E-state index contributed by atoms with van der Waals surface area (Å²) < 4.78 is 1.30. The lowest BCUT2D eigenvalue weighted by Gasteiger charge is -2.36. The van der Waals surface area contributed by atoms with Gasteiger partial charge in [-0.3, -0.25) is 4.90 Å². The molecule has 1 fully saturated rings. The van der Waals surface area contributed by atoms with Crippen molar-refractivity contribution in [2.75, 3.05) is 26.2 Å². The highest BCUT2D eigenvalue weighted by Gasteiger charge is 2.17. The molecule has 3 rings (SSSR count). The van der Waals surface area contributed by atoms with Crippen molar-refractivity contribution >= 4 is 21.6 Å². The molecule has 106 valence electrons. The Kier molecular flexibility index (Phi) is 4.03. The van der Waals surface area contributed by atoms with Crippen molar-refractivity contribution in [3.8, 4) is 0 Å². The molecule has 0 unspecified atom stereocenters. The van der Waals surface area contributed by atoms with E-state index in [0.29, 0.717) is 0 Å². The number of benzene rings is 1. The van der Waals surface area contributed by atoms with Gasteiger partial charge in [-0.15, -0.1) is 11.3 Å². The first-order chi connectivity index (χ1) is 9.76. The van der Waals surface area contributed by atoms with Gasteiger partial charge in [0, 0.05) is 31.9 Å². The Labute approximate surface area is 124 Å². The highest BCUT2D eigenvalue weighted by Crippen LogP contribution is 2.23. The highest BCUT2D eigenvalue weighted by molar-refractivity contribution is 7.18. The summed E-state index contributed by atoms with van der Waals surface area (Å²) in [7, 11) is 0. The molecule has 0 radical (unpaired) electrons. The van der Waals surface area contributed by atoms with Crippen LogP contribution in [-0.4, -0.2) is 41.0 Å². The van der Waals surface area contributed by atoms with E-state index in [0.717, 1.165) is 38.2 Å². The minimum Gasteiger partial charge on any atom is -0.373 e. The second-order valence-electron chi connectivity index (χ2n) is 5.27. The van der Waals surface area contributed by atoms with Crippen molar-refractivity contribution in [2.24, 2.45) is 0 Å². The number of nitrogens with zero attached hydrogens (tertiary/aromatic N) is 3. The van der Waals surface area contributed by atoms with Crippen LogP contribution in [0.25, 0.3) is 10.2 Å². The minimum absolute atomic E-state index is 0.988. The van der Waals surface area contributed by atoms with Crippen molar-refractivity contribution < 1.29 is 0 Å². The largest absolute Gasteiger partial charge is 0.373 e. The van der Waals surface area contributed by atoms with Crippen molar-refractivity contribution in [1.82, 2.24) is 14.8 Å². The quantitative estimate of drug-likeness (QED) is 0.863. The fraction of sp³-hybridized carbons (Fsp3) is 0.438. The van der Waals surface area contributed by atoms with Gasteiger partial charge in [0.1, 0.15) is 5.01 Å². The van der Waals surface area contributed by atoms with E-state index in [2.05, 4.69) is 54.0 Å². The molecule has 1 aromatic carbocycles. The van der Waals surface area contributed by atoms with Crippen LogP contribution in [-0.2, 0) is 6.54 Å². The second-order valence-corrected chi connectivity index (χ2v) is 6.38. The average molecular weight is 287 g/mol. The lowest BCUT2D eigenvalue weighted by Crippen LogP contribution is -2.44. The molecule has 2 aromatic rings. The van der Waals surface area contributed by atoms with E-state index >= 15 is 0 Å². The zero-order chi connectivity index (χ0) is 13.9. The molecule has 2 heterocycles. The molecule has 0 spiro atoms. The topological polar surface area (TPSA) is 19.4 Å². The monoisotopic (exact) mass is 287 g/mol. The molecule has 1 aliphatic heterocycles. The lowest BCUT2D eigenvalue weighted by molar-refractivity contribution is 0.153. The summed E-state index contributed by atoms with van der Waals surface area (Å²) >= 11 is 1.82. The van der Waals surface area contributed by atoms with Crippen LogP contribution in [0.2, 0.25) is 0 Å². The Bertz CT molecular complexity index is 576. The first kappa shape index (κ1) is 13.6. The Balaban J connectivity index is 1.62. The maximum absolute atomic E-state index is 4.73. The van der Waals surface area contributed by atoms with Crippen molar-refractivity contribution in [1.29, 1.82) is 0 Å². The molecule has 1 aromatic heterocycles. The number of rotatable bonds is 3. The summed E-state index contributed by atoms with van der Waals surface area (Å²) in [6.07, 6.45) is 2.20. The number of hydrogen-bond donors (Lipinski definition) is 0. The first-order valence-corrected chi connectivity index (χ1v) is 8.02. The number of piperazine rings is 1. The fourth-order valence-corrected chi connectivity index (χ4v) is 3.63. The van der Waals surface area contributed by atoms with Gasteiger partial charge in [-0.05, 0) is 26.0 Å². The normalized spacial score (nSPS) is 17.9. The summed E-state index contributed by atoms with van der Waals surface area (Å²) in [4.78, 5) is 9.71. The molecule has 0 atom stereocenters. The molecule has 1 aliphatic rings. The SMILES string of the molecule is C/C=C(\C)N1CCN(Cc2nc3ccccc3s2)CC1. The number of hydrogen-bond acceptors (Lipinski definition) is 4. The van der Waals surface area contributed by atoms with Gasteiger partial charge < -0.3 is 4.90 Å². The number of aromatic nitrogens is 1. The van der Waals surface area contributed by atoms with Gasteiger partial charge in [0.2, 0.25) is 0 Å². The third-order valence-electron chi connectivity index (χ3n) is 3.99. The van der Waals surface area contributed by atoms with Crippen LogP contribution in [0.3, 0.4) is 0 Å². The van der Waals surface area contributed by atoms with Crippen LogP contribution in [0.1, 0.15) is 18.9 Å². The third-order valence-corrected chi connectivity index (χ3v) is 5.01. The van der Waals surface area contributed by atoms with Crippen LogP contribution in [0.4, 0.5) is 0 Å². The first-order valence-electron chi connectivity index (χ1n) is 7.21. The Morgan fingerprint density at radius 1 is 1.25 bits per heavy atom. The standard InChI is InChI=1S/C16H21N3S/c1-3-13(2)19-10-8-18(9-11-19)12-16-17-14-6-4-5-7-15(14)20-16/h3-7H,8-12H2,1-2H3/b13-3+. The van der Waals surface area contributed by atoms with E-state index in [-0.39, 0.29) is 0 Å². The molecule has 0 aliphatic carbocycles. The van der Waals surface area contributed by atoms with Gasteiger partial charge in [0.15, 0.2) is 0 Å². The highest BCUT2D eigenvalue weighted by atomic mass is 32.1. The molecule has 4 heteroatoms. The summed E-state index contributed by atoms with van der Waals surface area (Å²) in [5, 5.41) is 1.24. The van der Waals surface area contributed by atoms with E-state index in [1.54, 1.807) is 0 Å². The van der Waals surface area contributed by atoms with E-state index < -0.39 is 0 Å². The Morgan fingerprint density at radius 3 is 2.70 bits per heavy atom. The fourth-order valence-electron chi connectivity index (χ4n) is 2.62. The molecular weight excluding hydrogens is 266 g/mol. The smallest absolute Gasteiger partial charge is 0.108 e. The van der Waals surface area contributed by atoms with Gasteiger partial charge in [0.25, 0.3) is 0 Å². The third kappa shape index (κ3) is 2.86. The van der Waals surface area contributed by atoms with E-state index in [4.69, 9.17) is 4.98 Å². The molecular formula is C16H21N3S. The predicted molar refractivity (Wildman–Crippen MR) is 85.9 cm³/mol. The number of para-hydroxylation sites is 1. The summed E-state index contributed by atoms with van der Waals surface area (Å²) in [5.74, 6) is 0. The maximum atomic E-state index is 4.73. The van der Waals surface area contributed by atoms with E-state index in [1.807, 2.05) is 11.3 Å². The van der Waals surface area contributed by atoms with E-state index in [1.165, 1.54) is 15.4 Å². The van der Waals surface area contributed by atoms with Crippen LogP contribution >= 0.6 is 11.3 Å². The van der Waals surface area contributed by atoms with Crippen molar-refractivity contribution in [3.63, 3.8) is 0 Å². The van der Waals surface area contributed by atoms with Crippen LogP contribution in [0, 0.1) is 0 Å². The summed E-state index contributed by atoms with van der Waals surface area (Å²) in [6.45, 7) is 9.80. The molecule has 3 nitrogen and oxygen atoms in total. The van der Waals surface area contributed by atoms with Gasteiger partial charge in [-0.2, -0.15) is 0 Å². The van der Waals surface area contributed by atoms with Crippen LogP contribution < -0.4 is 0 Å². The van der Waals surface area contributed by atoms with Gasteiger partial charge in [-0.25, -0.2) is 4.98 Å². The van der Waals surface area contributed by atoms with Gasteiger partial charge in [0.05, 0.1) is 16.8 Å². The molecule has 0 amide bonds.